The van der Waals surface area contributed by atoms with Crippen molar-refractivity contribution in [2.75, 3.05) is 28.8 Å². The first-order valence-corrected chi connectivity index (χ1v) is 9.92. The van der Waals surface area contributed by atoms with Crippen LogP contribution in [0.4, 0.5) is 11.4 Å². The van der Waals surface area contributed by atoms with Gasteiger partial charge < -0.3 is 10.2 Å². The summed E-state index contributed by atoms with van der Waals surface area (Å²) in [4.78, 5) is 18.5. The van der Waals surface area contributed by atoms with Crippen LogP contribution in [0.25, 0.3) is 0 Å². The van der Waals surface area contributed by atoms with E-state index in [0.717, 1.165) is 16.9 Å². The number of nitrogens with one attached hydrogen (secondary N) is 1. The Kier molecular flexibility index (Phi) is 4.76. The van der Waals surface area contributed by atoms with Crippen molar-refractivity contribution in [3.63, 3.8) is 0 Å². The van der Waals surface area contributed by atoms with E-state index < -0.39 is 9.84 Å². The molecule has 1 saturated heterocycles. The summed E-state index contributed by atoms with van der Waals surface area (Å²) in [6.07, 6.45) is 3.75. The summed E-state index contributed by atoms with van der Waals surface area (Å²) in [6.45, 7) is 1.96. The third kappa shape index (κ3) is 4.17. The molecule has 0 saturated carbocycles. The van der Waals surface area contributed by atoms with Crippen LogP contribution in [0.5, 0.6) is 0 Å². The van der Waals surface area contributed by atoms with Gasteiger partial charge >= 0.3 is 0 Å². The number of pyridine rings is 1. The normalized spacial score (nSPS) is 18.7. The van der Waals surface area contributed by atoms with Crippen LogP contribution in [0.15, 0.2) is 42.7 Å². The highest BCUT2D eigenvalue weighted by atomic mass is 32.2. The third-order valence-electron chi connectivity index (χ3n) is 4.43. The van der Waals surface area contributed by atoms with E-state index in [-0.39, 0.29) is 23.5 Å². The van der Waals surface area contributed by atoms with E-state index in [4.69, 9.17) is 0 Å². The zero-order valence-electron chi connectivity index (χ0n) is 14.3. The van der Waals surface area contributed by atoms with Crippen molar-refractivity contribution in [3.8, 4) is 0 Å². The number of sulfone groups is 1. The standard InChI is InChI=1S/C18H21N3O3S/c1-13-4-3-5-15(8-13)20-18(22)14-9-17(11-19-10-14)21(2)16-6-7-25(23,24)12-16/h3-5,8-11,16H,6-7,12H2,1-2H3,(H,20,22). The highest BCUT2D eigenvalue weighted by molar-refractivity contribution is 7.91. The molecule has 1 aliphatic heterocycles. The van der Waals surface area contributed by atoms with Gasteiger partial charge in [-0.15, -0.1) is 0 Å². The summed E-state index contributed by atoms with van der Waals surface area (Å²) in [5.41, 5.74) is 2.96. The van der Waals surface area contributed by atoms with Crippen LogP contribution in [-0.4, -0.2) is 43.9 Å². The molecular formula is C18H21N3O3S. The first kappa shape index (κ1) is 17.4. The Morgan fingerprint density at radius 1 is 1.28 bits per heavy atom. The lowest BCUT2D eigenvalue weighted by atomic mass is 10.2. The number of aryl methyl sites for hydroxylation is 1. The van der Waals surface area contributed by atoms with Crippen molar-refractivity contribution in [3.05, 3.63) is 53.9 Å². The van der Waals surface area contributed by atoms with Gasteiger partial charge in [0, 0.05) is 25.0 Å². The van der Waals surface area contributed by atoms with Gasteiger partial charge in [0.15, 0.2) is 9.84 Å². The molecule has 0 spiro atoms. The first-order chi connectivity index (χ1) is 11.8. The molecule has 0 aliphatic carbocycles. The summed E-state index contributed by atoms with van der Waals surface area (Å²) in [5, 5.41) is 2.85. The van der Waals surface area contributed by atoms with E-state index in [9.17, 15) is 13.2 Å². The maximum atomic E-state index is 12.5. The van der Waals surface area contributed by atoms with Gasteiger partial charge in [0.1, 0.15) is 0 Å². The van der Waals surface area contributed by atoms with Crippen LogP contribution in [0.3, 0.4) is 0 Å². The van der Waals surface area contributed by atoms with Crippen molar-refractivity contribution in [1.29, 1.82) is 0 Å². The van der Waals surface area contributed by atoms with Crippen molar-refractivity contribution >= 4 is 27.1 Å². The maximum Gasteiger partial charge on any atom is 0.257 e. The lowest BCUT2D eigenvalue weighted by Crippen LogP contribution is -2.32. The van der Waals surface area contributed by atoms with E-state index in [1.165, 1.54) is 6.20 Å². The molecule has 1 unspecified atom stereocenters. The van der Waals surface area contributed by atoms with Crippen LogP contribution in [-0.2, 0) is 9.84 Å². The number of anilines is 2. The second-order valence-electron chi connectivity index (χ2n) is 6.42. The Labute approximate surface area is 147 Å². The summed E-state index contributed by atoms with van der Waals surface area (Å²) in [7, 11) is -1.12. The number of hydrogen-bond acceptors (Lipinski definition) is 5. The molecule has 25 heavy (non-hydrogen) atoms. The van der Waals surface area contributed by atoms with Gasteiger partial charge in [0.2, 0.25) is 0 Å². The Morgan fingerprint density at radius 2 is 2.08 bits per heavy atom. The fraction of sp³-hybridized carbons (Fsp3) is 0.333. The predicted molar refractivity (Wildman–Crippen MR) is 98.8 cm³/mol. The molecule has 1 aromatic carbocycles. The van der Waals surface area contributed by atoms with Crippen molar-refractivity contribution in [2.45, 2.75) is 19.4 Å². The molecule has 1 aromatic heterocycles. The minimum Gasteiger partial charge on any atom is -0.369 e. The number of amides is 1. The van der Waals surface area contributed by atoms with Gasteiger partial charge in [-0.25, -0.2) is 8.42 Å². The number of nitrogens with zero attached hydrogens (tertiary/aromatic N) is 2. The van der Waals surface area contributed by atoms with E-state index in [1.54, 1.807) is 12.3 Å². The van der Waals surface area contributed by atoms with E-state index in [0.29, 0.717) is 12.0 Å². The van der Waals surface area contributed by atoms with Crippen LogP contribution >= 0.6 is 0 Å². The SMILES string of the molecule is Cc1cccc(NC(=O)c2cncc(N(C)C3CCS(=O)(=O)C3)c2)c1. The van der Waals surface area contributed by atoms with Crippen LogP contribution < -0.4 is 10.2 Å². The Balaban J connectivity index is 1.76. The van der Waals surface area contributed by atoms with Gasteiger partial charge in [0.25, 0.3) is 5.91 Å². The van der Waals surface area contributed by atoms with Gasteiger partial charge in [0.05, 0.1) is 29.0 Å². The van der Waals surface area contributed by atoms with E-state index >= 15 is 0 Å². The monoisotopic (exact) mass is 359 g/mol. The van der Waals surface area contributed by atoms with Crippen LogP contribution in [0, 0.1) is 6.92 Å². The van der Waals surface area contributed by atoms with Crippen molar-refractivity contribution in [2.24, 2.45) is 0 Å². The number of hydrogen-bond donors (Lipinski definition) is 1. The van der Waals surface area contributed by atoms with Crippen molar-refractivity contribution < 1.29 is 13.2 Å². The molecule has 3 rings (SSSR count). The number of aromatic nitrogens is 1. The van der Waals surface area contributed by atoms with Gasteiger partial charge in [-0.05, 0) is 37.1 Å². The third-order valence-corrected chi connectivity index (χ3v) is 6.18. The summed E-state index contributed by atoms with van der Waals surface area (Å²) < 4.78 is 23.4. The van der Waals surface area contributed by atoms with E-state index in [2.05, 4.69) is 10.3 Å². The second-order valence-corrected chi connectivity index (χ2v) is 8.65. The van der Waals surface area contributed by atoms with Gasteiger partial charge in [-0.2, -0.15) is 0 Å². The zero-order valence-corrected chi connectivity index (χ0v) is 15.1. The highest BCUT2D eigenvalue weighted by Gasteiger charge is 2.31. The Bertz CT molecular complexity index is 896. The summed E-state index contributed by atoms with van der Waals surface area (Å²) in [6, 6.07) is 9.23. The number of benzene rings is 1. The number of carbonyl (C=O) groups is 1. The molecule has 1 fully saturated rings. The molecule has 1 aliphatic rings. The largest absolute Gasteiger partial charge is 0.369 e. The Hall–Kier alpha value is -2.41. The zero-order chi connectivity index (χ0) is 18.0. The quantitative estimate of drug-likeness (QED) is 0.906. The fourth-order valence-corrected chi connectivity index (χ4v) is 4.74. The predicted octanol–water partition coefficient (Wildman–Crippen LogP) is 2.27. The molecular weight excluding hydrogens is 338 g/mol. The average molecular weight is 359 g/mol. The maximum absolute atomic E-state index is 12.5. The highest BCUT2D eigenvalue weighted by Crippen LogP contribution is 2.23. The van der Waals surface area contributed by atoms with Gasteiger partial charge in [-0.1, -0.05) is 12.1 Å². The number of rotatable bonds is 4. The van der Waals surface area contributed by atoms with Crippen LogP contribution in [0.2, 0.25) is 0 Å². The minimum absolute atomic E-state index is 0.0816. The molecule has 2 aromatic rings. The smallest absolute Gasteiger partial charge is 0.257 e. The minimum atomic E-state index is -2.96. The summed E-state index contributed by atoms with van der Waals surface area (Å²) >= 11 is 0. The van der Waals surface area contributed by atoms with Crippen LogP contribution in [0.1, 0.15) is 22.3 Å². The van der Waals surface area contributed by atoms with E-state index in [1.807, 2.05) is 43.1 Å². The molecule has 132 valence electrons. The molecule has 2 heterocycles. The lowest BCUT2D eigenvalue weighted by Gasteiger charge is -2.25. The topological polar surface area (TPSA) is 79.4 Å². The summed E-state index contributed by atoms with van der Waals surface area (Å²) in [5.74, 6) is 0.110. The molecule has 1 N–H and O–H groups in total. The average Bonchev–Trinajstić information content (AvgIpc) is 2.94. The molecule has 1 atom stereocenters. The lowest BCUT2D eigenvalue weighted by molar-refractivity contribution is 0.102. The van der Waals surface area contributed by atoms with Crippen molar-refractivity contribution in [1.82, 2.24) is 4.98 Å². The molecule has 1 amide bonds. The number of carbonyl (C=O) groups excluding carboxylic acids is 1. The molecule has 6 nitrogen and oxygen atoms in total. The molecule has 0 radical (unpaired) electrons. The molecule has 0 bridgehead atoms. The van der Waals surface area contributed by atoms with Gasteiger partial charge in [-0.3, -0.25) is 9.78 Å². The first-order valence-electron chi connectivity index (χ1n) is 8.10. The second kappa shape index (κ2) is 6.84. The fourth-order valence-electron chi connectivity index (χ4n) is 2.96. The Morgan fingerprint density at radius 3 is 2.76 bits per heavy atom. The molecule has 7 heteroatoms.